The number of carbonyl (C=O) groups is 2. The number of hydrogen-bond acceptors (Lipinski definition) is 4. The highest BCUT2D eigenvalue weighted by atomic mass is 19.1. The number of esters is 1. The van der Waals surface area contributed by atoms with E-state index in [1.54, 1.807) is 16.8 Å². The number of cyclic esters (lactones) is 1. The third kappa shape index (κ3) is 3.29. The molecular weight excluding hydrogens is 313 g/mol. The average molecular weight is 331 g/mol. The summed E-state index contributed by atoms with van der Waals surface area (Å²) in [5, 5.41) is 6.85. The van der Waals surface area contributed by atoms with Crippen LogP contribution in [0.25, 0.3) is 11.1 Å². The van der Waals surface area contributed by atoms with Crippen molar-refractivity contribution in [3.05, 3.63) is 41.5 Å². The van der Waals surface area contributed by atoms with Gasteiger partial charge in [0.15, 0.2) is 0 Å². The lowest BCUT2D eigenvalue weighted by molar-refractivity contribution is -0.141. The molecule has 1 aliphatic heterocycles. The topological polar surface area (TPSA) is 73.2 Å². The van der Waals surface area contributed by atoms with E-state index in [4.69, 9.17) is 4.74 Å². The van der Waals surface area contributed by atoms with Crippen molar-refractivity contribution in [1.29, 1.82) is 0 Å². The van der Waals surface area contributed by atoms with Gasteiger partial charge in [-0.1, -0.05) is 6.07 Å². The van der Waals surface area contributed by atoms with Crippen molar-refractivity contribution in [1.82, 2.24) is 15.1 Å². The van der Waals surface area contributed by atoms with E-state index in [2.05, 4.69) is 10.4 Å². The molecule has 1 saturated heterocycles. The molecule has 24 heavy (non-hydrogen) atoms. The van der Waals surface area contributed by atoms with Gasteiger partial charge in [-0.25, -0.2) is 9.18 Å². The van der Waals surface area contributed by atoms with E-state index in [-0.39, 0.29) is 12.0 Å². The van der Waals surface area contributed by atoms with Gasteiger partial charge in [-0.3, -0.25) is 9.48 Å². The molecule has 1 aliphatic rings. The zero-order valence-electron chi connectivity index (χ0n) is 13.5. The van der Waals surface area contributed by atoms with Gasteiger partial charge in [0.1, 0.15) is 11.9 Å². The van der Waals surface area contributed by atoms with Crippen molar-refractivity contribution in [2.45, 2.75) is 25.8 Å². The summed E-state index contributed by atoms with van der Waals surface area (Å²) >= 11 is 0. The first kappa shape index (κ1) is 16.2. The molecule has 1 fully saturated rings. The van der Waals surface area contributed by atoms with Gasteiger partial charge in [-0.05, 0) is 30.2 Å². The largest absolute Gasteiger partial charge is 0.464 e. The molecule has 0 spiro atoms. The number of halogens is 1. The van der Waals surface area contributed by atoms with Crippen molar-refractivity contribution in [3.8, 4) is 11.1 Å². The number of rotatable bonds is 4. The fraction of sp³-hybridized carbons (Fsp3) is 0.353. The normalized spacial score (nSPS) is 17.0. The van der Waals surface area contributed by atoms with Crippen molar-refractivity contribution < 1.29 is 18.7 Å². The summed E-state index contributed by atoms with van der Waals surface area (Å²) in [7, 11) is 1.81. The Hall–Kier alpha value is -2.70. The van der Waals surface area contributed by atoms with E-state index in [0.29, 0.717) is 13.0 Å². The molecule has 0 aliphatic carbocycles. The minimum Gasteiger partial charge on any atom is -0.464 e. The third-order valence-corrected chi connectivity index (χ3v) is 3.99. The van der Waals surface area contributed by atoms with E-state index in [0.717, 1.165) is 16.8 Å². The lowest BCUT2D eigenvalue weighted by atomic mass is 10.0. The maximum Gasteiger partial charge on any atom is 0.328 e. The van der Waals surface area contributed by atoms with Crippen LogP contribution < -0.4 is 5.32 Å². The molecule has 1 N–H and O–H groups in total. The summed E-state index contributed by atoms with van der Waals surface area (Å²) in [6.07, 6.45) is 2.16. The summed E-state index contributed by atoms with van der Waals surface area (Å²) in [5.41, 5.74) is 2.79. The Bertz CT molecular complexity index is 800. The van der Waals surface area contributed by atoms with Crippen LogP contribution in [0, 0.1) is 12.7 Å². The molecule has 7 heteroatoms. The monoisotopic (exact) mass is 331 g/mol. The third-order valence-electron chi connectivity index (χ3n) is 3.99. The van der Waals surface area contributed by atoms with Gasteiger partial charge in [0.25, 0.3) is 0 Å². The van der Waals surface area contributed by atoms with Crippen molar-refractivity contribution in [2.24, 2.45) is 7.05 Å². The van der Waals surface area contributed by atoms with Crippen LogP contribution in [0.4, 0.5) is 4.39 Å². The van der Waals surface area contributed by atoms with Crippen molar-refractivity contribution in [3.63, 3.8) is 0 Å². The Morgan fingerprint density at radius 2 is 2.29 bits per heavy atom. The number of aryl methyl sites for hydroxylation is 2. The predicted molar refractivity (Wildman–Crippen MR) is 84.5 cm³/mol. The van der Waals surface area contributed by atoms with Gasteiger partial charge >= 0.3 is 5.97 Å². The quantitative estimate of drug-likeness (QED) is 0.862. The molecule has 1 atom stereocenters. The Morgan fingerprint density at radius 1 is 1.50 bits per heavy atom. The summed E-state index contributed by atoms with van der Waals surface area (Å²) in [4.78, 5) is 23.5. The Labute approximate surface area is 138 Å². The SMILES string of the molecule is Cc1nn(C)cc1-c1ccc(F)c(CC(=O)N[C@H]2CCOC2=O)c1. The molecule has 126 valence electrons. The maximum absolute atomic E-state index is 14.0. The second-order valence-electron chi connectivity index (χ2n) is 5.86. The highest BCUT2D eigenvalue weighted by Gasteiger charge is 2.28. The Balaban J connectivity index is 1.78. The van der Waals surface area contributed by atoms with Crippen molar-refractivity contribution >= 4 is 11.9 Å². The van der Waals surface area contributed by atoms with Crippen LogP contribution >= 0.6 is 0 Å². The van der Waals surface area contributed by atoms with Crippen LogP contribution in [0.2, 0.25) is 0 Å². The number of aromatic nitrogens is 2. The van der Waals surface area contributed by atoms with E-state index in [1.165, 1.54) is 6.07 Å². The van der Waals surface area contributed by atoms with E-state index in [1.807, 2.05) is 20.2 Å². The molecule has 2 heterocycles. The Morgan fingerprint density at radius 3 is 2.92 bits per heavy atom. The van der Waals surface area contributed by atoms with Crippen LogP contribution in [0.15, 0.2) is 24.4 Å². The first-order chi connectivity index (χ1) is 11.4. The minimum absolute atomic E-state index is 0.136. The second kappa shape index (κ2) is 6.43. The summed E-state index contributed by atoms with van der Waals surface area (Å²) in [6, 6.07) is 4.01. The van der Waals surface area contributed by atoms with Crippen LogP contribution in [0.3, 0.4) is 0 Å². The van der Waals surface area contributed by atoms with Crippen molar-refractivity contribution in [2.75, 3.05) is 6.61 Å². The molecule has 0 radical (unpaired) electrons. The van der Waals surface area contributed by atoms with Gasteiger partial charge < -0.3 is 10.1 Å². The predicted octanol–water partition coefficient (Wildman–Crippen LogP) is 1.51. The molecule has 0 unspecified atom stereocenters. The average Bonchev–Trinajstić information content (AvgIpc) is 3.07. The number of hydrogen-bond donors (Lipinski definition) is 1. The smallest absolute Gasteiger partial charge is 0.328 e. The number of nitrogens with zero attached hydrogens (tertiary/aromatic N) is 2. The van der Waals surface area contributed by atoms with Crippen LogP contribution in [-0.4, -0.2) is 34.3 Å². The zero-order chi connectivity index (χ0) is 17.3. The number of benzene rings is 1. The standard InChI is InChI=1S/C17H18FN3O3/c1-10-13(9-21(2)20-10)11-3-4-14(18)12(7-11)8-16(22)19-15-5-6-24-17(15)23/h3-4,7,9,15H,5-6,8H2,1-2H3,(H,19,22)/t15-/m0/s1. The van der Waals surface area contributed by atoms with Crippen LogP contribution in [0.5, 0.6) is 0 Å². The lowest BCUT2D eigenvalue weighted by Crippen LogP contribution is -2.38. The molecule has 3 rings (SSSR count). The van der Waals surface area contributed by atoms with Gasteiger partial charge in [0, 0.05) is 25.2 Å². The number of ether oxygens (including phenoxy) is 1. The highest BCUT2D eigenvalue weighted by Crippen LogP contribution is 2.25. The molecule has 1 amide bonds. The molecule has 6 nitrogen and oxygen atoms in total. The molecule has 0 saturated carbocycles. The van der Waals surface area contributed by atoms with Gasteiger partial charge in [0.05, 0.1) is 18.7 Å². The Kier molecular flexibility index (Phi) is 4.33. The summed E-state index contributed by atoms with van der Waals surface area (Å²) in [5.74, 6) is -1.30. The van der Waals surface area contributed by atoms with E-state index in [9.17, 15) is 14.0 Å². The number of carbonyl (C=O) groups excluding carboxylic acids is 2. The fourth-order valence-corrected chi connectivity index (χ4v) is 2.81. The fourth-order valence-electron chi connectivity index (χ4n) is 2.81. The highest BCUT2D eigenvalue weighted by molar-refractivity contribution is 5.86. The molecule has 0 bridgehead atoms. The first-order valence-electron chi connectivity index (χ1n) is 7.69. The minimum atomic E-state index is -0.635. The molecule has 1 aromatic heterocycles. The van der Waals surface area contributed by atoms with E-state index < -0.39 is 23.7 Å². The number of nitrogens with one attached hydrogen (secondary N) is 1. The number of amides is 1. The van der Waals surface area contributed by atoms with Crippen LogP contribution in [0.1, 0.15) is 17.7 Å². The van der Waals surface area contributed by atoms with Crippen LogP contribution in [-0.2, 0) is 27.8 Å². The second-order valence-corrected chi connectivity index (χ2v) is 5.86. The van der Waals surface area contributed by atoms with Gasteiger partial charge in [-0.2, -0.15) is 5.10 Å². The lowest BCUT2D eigenvalue weighted by Gasteiger charge is -2.10. The van der Waals surface area contributed by atoms with Gasteiger partial charge in [0.2, 0.25) is 5.91 Å². The summed E-state index contributed by atoms with van der Waals surface area (Å²) in [6.45, 7) is 2.17. The molecule has 2 aromatic rings. The summed E-state index contributed by atoms with van der Waals surface area (Å²) < 4.78 is 20.5. The molecule has 1 aromatic carbocycles. The maximum atomic E-state index is 14.0. The van der Waals surface area contributed by atoms with Gasteiger partial charge in [-0.15, -0.1) is 0 Å². The molecular formula is C17H18FN3O3. The zero-order valence-corrected chi connectivity index (χ0v) is 13.5. The first-order valence-corrected chi connectivity index (χ1v) is 7.69. The van der Waals surface area contributed by atoms with E-state index >= 15 is 0 Å².